The SMILES string of the molecule is OCc1cc(C(O)CNCCCCCCOCCc2cccc3ccccc23)ccc1O. The minimum Gasteiger partial charge on any atom is -0.508 e. The molecule has 32 heavy (non-hydrogen) atoms. The van der Waals surface area contributed by atoms with Crippen LogP contribution in [0.1, 0.15) is 48.5 Å². The second-order valence-electron chi connectivity index (χ2n) is 8.18. The quantitative estimate of drug-likeness (QED) is 0.280. The van der Waals surface area contributed by atoms with Crippen LogP contribution in [0, 0.1) is 0 Å². The van der Waals surface area contributed by atoms with Crippen molar-refractivity contribution in [2.75, 3.05) is 26.3 Å². The topological polar surface area (TPSA) is 82.0 Å². The van der Waals surface area contributed by atoms with Gasteiger partial charge in [0.05, 0.1) is 19.3 Å². The van der Waals surface area contributed by atoms with Crippen molar-refractivity contribution in [2.24, 2.45) is 0 Å². The number of rotatable bonds is 14. The van der Waals surface area contributed by atoms with Gasteiger partial charge in [0.25, 0.3) is 0 Å². The molecule has 172 valence electrons. The number of ether oxygens (including phenoxy) is 1. The van der Waals surface area contributed by atoms with E-state index in [0.717, 1.165) is 51.9 Å². The van der Waals surface area contributed by atoms with E-state index in [1.807, 2.05) is 0 Å². The lowest BCUT2D eigenvalue weighted by Gasteiger charge is -2.14. The molecular formula is C27H35NO4. The highest BCUT2D eigenvalue weighted by atomic mass is 16.5. The number of hydrogen-bond donors (Lipinski definition) is 4. The van der Waals surface area contributed by atoms with E-state index in [0.29, 0.717) is 17.7 Å². The van der Waals surface area contributed by atoms with Gasteiger partial charge >= 0.3 is 0 Å². The first-order valence-electron chi connectivity index (χ1n) is 11.5. The van der Waals surface area contributed by atoms with E-state index in [9.17, 15) is 15.3 Å². The number of hydrogen-bond acceptors (Lipinski definition) is 5. The predicted molar refractivity (Wildman–Crippen MR) is 129 cm³/mol. The Morgan fingerprint density at radius 1 is 0.844 bits per heavy atom. The highest BCUT2D eigenvalue weighted by Crippen LogP contribution is 2.22. The second-order valence-corrected chi connectivity index (χ2v) is 8.18. The fourth-order valence-corrected chi connectivity index (χ4v) is 3.90. The smallest absolute Gasteiger partial charge is 0.121 e. The molecule has 3 rings (SSSR count). The first kappa shape index (κ1) is 24.2. The van der Waals surface area contributed by atoms with E-state index in [2.05, 4.69) is 47.8 Å². The normalized spacial score (nSPS) is 12.3. The van der Waals surface area contributed by atoms with Crippen molar-refractivity contribution in [1.29, 1.82) is 0 Å². The van der Waals surface area contributed by atoms with Crippen LogP contribution in [0.5, 0.6) is 5.75 Å². The summed E-state index contributed by atoms with van der Waals surface area (Å²) in [5.74, 6) is 0.0500. The fourth-order valence-electron chi connectivity index (χ4n) is 3.90. The van der Waals surface area contributed by atoms with Gasteiger partial charge in [-0.1, -0.05) is 61.4 Å². The van der Waals surface area contributed by atoms with Crippen LogP contribution in [-0.4, -0.2) is 41.6 Å². The summed E-state index contributed by atoms with van der Waals surface area (Å²) in [6.07, 6.45) is 4.67. The number of fused-ring (bicyclic) bond motifs is 1. The van der Waals surface area contributed by atoms with Crippen LogP contribution in [0.15, 0.2) is 60.7 Å². The van der Waals surface area contributed by atoms with Crippen LogP contribution in [-0.2, 0) is 17.8 Å². The van der Waals surface area contributed by atoms with Gasteiger partial charge in [-0.3, -0.25) is 0 Å². The lowest BCUT2D eigenvalue weighted by atomic mass is 10.0. The number of aromatic hydroxyl groups is 1. The van der Waals surface area contributed by atoms with Crippen molar-refractivity contribution < 1.29 is 20.1 Å². The molecule has 5 heteroatoms. The van der Waals surface area contributed by atoms with Gasteiger partial charge in [0.2, 0.25) is 0 Å². The van der Waals surface area contributed by atoms with E-state index < -0.39 is 6.10 Å². The molecule has 4 N–H and O–H groups in total. The molecular weight excluding hydrogens is 402 g/mol. The molecule has 0 heterocycles. The number of aliphatic hydroxyl groups is 2. The summed E-state index contributed by atoms with van der Waals surface area (Å²) >= 11 is 0. The van der Waals surface area contributed by atoms with Gasteiger partial charge in [-0.25, -0.2) is 0 Å². The number of aliphatic hydroxyl groups excluding tert-OH is 2. The summed E-state index contributed by atoms with van der Waals surface area (Å²) in [5, 5.41) is 34.9. The van der Waals surface area contributed by atoms with Crippen molar-refractivity contribution >= 4 is 10.8 Å². The molecule has 0 radical (unpaired) electrons. The van der Waals surface area contributed by atoms with Crippen LogP contribution in [0.2, 0.25) is 0 Å². The van der Waals surface area contributed by atoms with Gasteiger partial charge in [-0.2, -0.15) is 0 Å². The van der Waals surface area contributed by atoms with Crippen molar-refractivity contribution in [3.05, 3.63) is 77.4 Å². The van der Waals surface area contributed by atoms with Crippen molar-refractivity contribution in [3.8, 4) is 5.75 Å². The van der Waals surface area contributed by atoms with Gasteiger partial charge in [-0.15, -0.1) is 0 Å². The van der Waals surface area contributed by atoms with Crippen LogP contribution in [0.3, 0.4) is 0 Å². The Morgan fingerprint density at radius 3 is 2.53 bits per heavy atom. The van der Waals surface area contributed by atoms with E-state index >= 15 is 0 Å². The summed E-state index contributed by atoms with van der Waals surface area (Å²) in [5.41, 5.74) is 2.47. The minimum absolute atomic E-state index is 0.0500. The summed E-state index contributed by atoms with van der Waals surface area (Å²) in [6, 6.07) is 19.8. The van der Waals surface area contributed by atoms with E-state index in [1.165, 1.54) is 22.4 Å². The number of unbranched alkanes of at least 4 members (excludes halogenated alkanes) is 3. The summed E-state index contributed by atoms with van der Waals surface area (Å²) in [6.45, 7) is 2.61. The molecule has 5 nitrogen and oxygen atoms in total. The average molecular weight is 438 g/mol. The molecule has 0 aliphatic rings. The highest BCUT2D eigenvalue weighted by Gasteiger charge is 2.09. The zero-order valence-electron chi connectivity index (χ0n) is 18.7. The molecule has 0 aromatic heterocycles. The molecule has 0 aliphatic heterocycles. The Hall–Kier alpha value is -2.44. The molecule has 0 fully saturated rings. The van der Waals surface area contributed by atoms with Crippen LogP contribution in [0.25, 0.3) is 10.8 Å². The van der Waals surface area contributed by atoms with Gasteiger partial charge in [-0.05, 0) is 59.8 Å². The summed E-state index contributed by atoms with van der Waals surface area (Å²) < 4.78 is 5.84. The predicted octanol–water partition coefficient (Wildman–Crippen LogP) is 4.48. The van der Waals surface area contributed by atoms with E-state index in [-0.39, 0.29) is 12.4 Å². The van der Waals surface area contributed by atoms with Gasteiger partial charge in [0, 0.05) is 18.7 Å². The molecule has 3 aromatic carbocycles. The second kappa shape index (κ2) is 13.2. The van der Waals surface area contributed by atoms with Gasteiger partial charge in [0.1, 0.15) is 5.75 Å². The van der Waals surface area contributed by atoms with Crippen molar-refractivity contribution in [3.63, 3.8) is 0 Å². The Bertz CT molecular complexity index is 954. The number of nitrogens with one attached hydrogen (secondary N) is 1. The zero-order chi connectivity index (χ0) is 22.6. The summed E-state index contributed by atoms with van der Waals surface area (Å²) in [7, 11) is 0. The number of benzene rings is 3. The number of phenols is 1. The molecule has 1 atom stereocenters. The monoisotopic (exact) mass is 437 g/mol. The first-order valence-corrected chi connectivity index (χ1v) is 11.5. The Morgan fingerprint density at radius 2 is 1.66 bits per heavy atom. The summed E-state index contributed by atoms with van der Waals surface area (Å²) in [4.78, 5) is 0. The molecule has 3 aromatic rings. The molecule has 0 bridgehead atoms. The maximum atomic E-state index is 10.3. The maximum absolute atomic E-state index is 10.3. The van der Waals surface area contributed by atoms with Crippen LogP contribution in [0.4, 0.5) is 0 Å². The molecule has 0 saturated carbocycles. The van der Waals surface area contributed by atoms with Crippen LogP contribution < -0.4 is 5.32 Å². The standard InChI is InChI=1S/C27H35NO4/c29-20-24-18-23(12-13-26(24)30)27(31)19-28-15-5-1-2-6-16-32-17-14-22-10-7-9-21-8-3-4-11-25(21)22/h3-4,7-13,18,27-31H,1-2,5-6,14-17,19-20H2. The molecule has 1 unspecified atom stereocenters. The average Bonchev–Trinajstić information content (AvgIpc) is 2.82. The molecule has 0 saturated heterocycles. The van der Waals surface area contributed by atoms with Gasteiger partial charge in [0.15, 0.2) is 0 Å². The lowest BCUT2D eigenvalue weighted by molar-refractivity contribution is 0.133. The largest absolute Gasteiger partial charge is 0.508 e. The van der Waals surface area contributed by atoms with Crippen LogP contribution >= 0.6 is 0 Å². The maximum Gasteiger partial charge on any atom is 0.121 e. The Balaban J connectivity index is 1.20. The van der Waals surface area contributed by atoms with Crippen molar-refractivity contribution in [1.82, 2.24) is 5.32 Å². The fraction of sp³-hybridized carbons (Fsp3) is 0.407. The minimum atomic E-state index is -0.656. The van der Waals surface area contributed by atoms with Crippen molar-refractivity contribution in [2.45, 2.75) is 44.8 Å². The Kier molecular flexibility index (Phi) is 9.98. The molecule has 0 amide bonds. The lowest BCUT2D eigenvalue weighted by Crippen LogP contribution is -2.22. The van der Waals surface area contributed by atoms with Gasteiger partial charge < -0.3 is 25.4 Å². The third-order valence-corrected chi connectivity index (χ3v) is 5.78. The molecule has 0 spiro atoms. The Labute approximate surface area is 190 Å². The zero-order valence-corrected chi connectivity index (χ0v) is 18.7. The molecule has 0 aliphatic carbocycles. The third kappa shape index (κ3) is 7.31. The highest BCUT2D eigenvalue weighted by molar-refractivity contribution is 5.85. The third-order valence-electron chi connectivity index (χ3n) is 5.78. The van der Waals surface area contributed by atoms with E-state index in [4.69, 9.17) is 4.74 Å². The first-order chi connectivity index (χ1) is 15.7. The van der Waals surface area contributed by atoms with E-state index in [1.54, 1.807) is 12.1 Å².